The molecule has 0 radical (unpaired) electrons. The zero-order chi connectivity index (χ0) is 8.97. The molecule has 66 valence electrons. The van der Waals surface area contributed by atoms with Gasteiger partial charge >= 0.3 is 0 Å². The van der Waals surface area contributed by atoms with Gasteiger partial charge in [-0.3, -0.25) is 0 Å². The molecule has 12 heavy (non-hydrogen) atoms. The molecule has 3 heteroatoms. The Morgan fingerprint density at radius 1 is 1.50 bits per heavy atom. The van der Waals surface area contributed by atoms with Crippen molar-refractivity contribution in [3.8, 4) is 5.75 Å². The zero-order valence-electron chi connectivity index (χ0n) is 6.88. The molecule has 1 N–H and O–H groups in total. The topological polar surface area (TPSA) is 29.5 Å². The highest BCUT2D eigenvalue weighted by Gasteiger charge is 2.00. The molecule has 0 saturated heterocycles. The maximum atomic E-state index is 12.5. The van der Waals surface area contributed by atoms with E-state index in [2.05, 4.69) is 0 Å². The largest absolute Gasteiger partial charge is 0.505 e. The Morgan fingerprint density at radius 3 is 2.83 bits per heavy atom. The summed E-state index contributed by atoms with van der Waals surface area (Å²) in [6.45, 7) is 2.89. The predicted molar refractivity (Wildman–Crippen MR) is 43.4 cm³/mol. The minimum atomic E-state index is -0.602. The van der Waals surface area contributed by atoms with Gasteiger partial charge in [-0.25, -0.2) is 4.39 Å². The third-order valence-electron chi connectivity index (χ3n) is 1.48. The molecule has 0 unspecified atom stereocenters. The van der Waals surface area contributed by atoms with Gasteiger partial charge in [-0.05, 0) is 24.6 Å². The van der Waals surface area contributed by atoms with E-state index in [1.165, 1.54) is 12.1 Å². The van der Waals surface area contributed by atoms with Crippen molar-refractivity contribution in [2.24, 2.45) is 0 Å². The number of aromatic hydroxyl groups is 1. The molecule has 0 aromatic heterocycles. The van der Waals surface area contributed by atoms with Gasteiger partial charge in [0.15, 0.2) is 11.6 Å². The predicted octanol–water partition coefficient (Wildman–Crippen LogP) is 2.07. The van der Waals surface area contributed by atoms with Crippen molar-refractivity contribution in [2.45, 2.75) is 13.5 Å². The lowest BCUT2D eigenvalue weighted by atomic mass is 10.2. The average Bonchev–Trinajstić information content (AvgIpc) is 2.07. The van der Waals surface area contributed by atoms with Gasteiger partial charge in [-0.2, -0.15) is 0 Å². The number of halogens is 1. The van der Waals surface area contributed by atoms with Crippen LogP contribution in [0.4, 0.5) is 4.39 Å². The lowest BCUT2D eigenvalue weighted by Gasteiger charge is -2.02. The van der Waals surface area contributed by atoms with Crippen LogP contribution in [0.1, 0.15) is 12.5 Å². The highest BCUT2D eigenvalue weighted by atomic mass is 19.1. The van der Waals surface area contributed by atoms with Gasteiger partial charge in [0.25, 0.3) is 0 Å². The van der Waals surface area contributed by atoms with Gasteiger partial charge < -0.3 is 9.84 Å². The van der Waals surface area contributed by atoms with E-state index in [1.807, 2.05) is 6.92 Å². The number of phenolic OH excluding ortho intramolecular Hbond substituents is 1. The highest BCUT2D eigenvalue weighted by Crippen LogP contribution is 2.16. The van der Waals surface area contributed by atoms with E-state index in [0.717, 1.165) is 5.56 Å². The average molecular weight is 170 g/mol. The molecule has 0 bridgehead atoms. The molecule has 0 aliphatic rings. The first-order chi connectivity index (χ1) is 5.74. The van der Waals surface area contributed by atoms with E-state index >= 15 is 0 Å². The second-order valence-electron chi connectivity index (χ2n) is 2.42. The summed E-state index contributed by atoms with van der Waals surface area (Å²) in [5.41, 5.74) is 0.774. The Hall–Kier alpha value is -1.09. The summed E-state index contributed by atoms with van der Waals surface area (Å²) >= 11 is 0. The fourth-order valence-electron chi connectivity index (χ4n) is 0.868. The lowest BCUT2D eigenvalue weighted by Crippen LogP contribution is -1.91. The van der Waals surface area contributed by atoms with Crippen molar-refractivity contribution < 1.29 is 14.2 Å². The molecule has 1 aromatic carbocycles. The van der Waals surface area contributed by atoms with Crippen LogP contribution in [0.5, 0.6) is 5.75 Å². The summed E-state index contributed by atoms with van der Waals surface area (Å²) < 4.78 is 17.6. The third kappa shape index (κ3) is 2.20. The molecular weight excluding hydrogens is 159 g/mol. The van der Waals surface area contributed by atoms with Gasteiger partial charge in [-0.1, -0.05) is 6.07 Å². The summed E-state index contributed by atoms with van der Waals surface area (Å²) in [5, 5.41) is 8.97. The van der Waals surface area contributed by atoms with Crippen LogP contribution >= 0.6 is 0 Å². The Balaban J connectivity index is 2.69. The van der Waals surface area contributed by atoms with Crippen LogP contribution in [0.2, 0.25) is 0 Å². The van der Waals surface area contributed by atoms with E-state index in [4.69, 9.17) is 9.84 Å². The molecule has 0 heterocycles. The van der Waals surface area contributed by atoms with Gasteiger partial charge in [0.2, 0.25) is 0 Å². The first-order valence-corrected chi connectivity index (χ1v) is 3.79. The summed E-state index contributed by atoms with van der Waals surface area (Å²) in [6.07, 6.45) is 0. The number of hydrogen-bond donors (Lipinski definition) is 1. The number of hydrogen-bond acceptors (Lipinski definition) is 2. The smallest absolute Gasteiger partial charge is 0.164 e. The highest BCUT2D eigenvalue weighted by molar-refractivity contribution is 5.28. The molecule has 0 aliphatic carbocycles. The SMILES string of the molecule is CCOCc1ccc(F)c(O)c1. The molecule has 0 fully saturated rings. The van der Waals surface area contributed by atoms with E-state index in [-0.39, 0.29) is 5.75 Å². The van der Waals surface area contributed by atoms with E-state index < -0.39 is 5.82 Å². The standard InChI is InChI=1S/C9H11FO2/c1-2-12-6-7-3-4-8(10)9(11)5-7/h3-5,11H,2,6H2,1H3. The number of benzene rings is 1. The minimum Gasteiger partial charge on any atom is -0.505 e. The second kappa shape index (κ2) is 4.07. The summed E-state index contributed by atoms with van der Waals surface area (Å²) in [6, 6.07) is 4.18. The molecule has 1 aromatic rings. The van der Waals surface area contributed by atoms with Crippen LogP contribution in [0, 0.1) is 5.82 Å². The zero-order valence-corrected chi connectivity index (χ0v) is 6.88. The molecule has 2 nitrogen and oxygen atoms in total. The molecular formula is C9H11FO2. The van der Waals surface area contributed by atoms with Crippen LogP contribution in [0.3, 0.4) is 0 Å². The fourth-order valence-corrected chi connectivity index (χ4v) is 0.868. The van der Waals surface area contributed by atoms with Crippen molar-refractivity contribution in [1.82, 2.24) is 0 Å². The van der Waals surface area contributed by atoms with Crippen molar-refractivity contribution in [3.63, 3.8) is 0 Å². The van der Waals surface area contributed by atoms with E-state index in [0.29, 0.717) is 13.2 Å². The van der Waals surface area contributed by atoms with Crippen LogP contribution in [-0.4, -0.2) is 11.7 Å². The maximum Gasteiger partial charge on any atom is 0.164 e. The van der Waals surface area contributed by atoms with Crippen LogP contribution < -0.4 is 0 Å². The van der Waals surface area contributed by atoms with Crippen LogP contribution in [0.25, 0.3) is 0 Å². The Morgan fingerprint density at radius 2 is 2.25 bits per heavy atom. The van der Waals surface area contributed by atoms with Gasteiger partial charge in [-0.15, -0.1) is 0 Å². The number of rotatable bonds is 3. The third-order valence-corrected chi connectivity index (χ3v) is 1.48. The summed E-state index contributed by atoms with van der Waals surface area (Å²) in [4.78, 5) is 0. The molecule has 0 amide bonds. The second-order valence-corrected chi connectivity index (χ2v) is 2.42. The van der Waals surface area contributed by atoms with Gasteiger partial charge in [0.05, 0.1) is 6.61 Å². The van der Waals surface area contributed by atoms with E-state index in [9.17, 15) is 4.39 Å². The minimum absolute atomic E-state index is 0.327. The molecule has 0 aliphatic heterocycles. The quantitative estimate of drug-likeness (QED) is 0.752. The molecule has 0 saturated carbocycles. The Kier molecular flexibility index (Phi) is 3.05. The maximum absolute atomic E-state index is 12.5. The Labute approximate surface area is 70.6 Å². The van der Waals surface area contributed by atoms with Crippen molar-refractivity contribution in [1.29, 1.82) is 0 Å². The molecule has 0 spiro atoms. The molecule has 0 atom stereocenters. The number of ether oxygens (including phenoxy) is 1. The normalized spacial score (nSPS) is 10.2. The first-order valence-electron chi connectivity index (χ1n) is 3.79. The fraction of sp³-hybridized carbons (Fsp3) is 0.333. The van der Waals surface area contributed by atoms with Crippen LogP contribution in [-0.2, 0) is 11.3 Å². The summed E-state index contributed by atoms with van der Waals surface area (Å²) in [5.74, 6) is -0.928. The monoisotopic (exact) mass is 170 g/mol. The van der Waals surface area contributed by atoms with Crippen molar-refractivity contribution >= 4 is 0 Å². The first kappa shape index (κ1) is 9.00. The lowest BCUT2D eigenvalue weighted by molar-refractivity contribution is 0.134. The number of phenols is 1. The molecule has 1 rings (SSSR count). The summed E-state index contributed by atoms with van der Waals surface area (Å²) in [7, 11) is 0. The van der Waals surface area contributed by atoms with Crippen molar-refractivity contribution in [2.75, 3.05) is 6.61 Å². The van der Waals surface area contributed by atoms with Crippen LogP contribution in [0.15, 0.2) is 18.2 Å². The Bertz CT molecular complexity index is 261. The van der Waals surface area contributed by atoms with Crippen molar-refractivity contribution in [3.05, 3.63) is 29.6 Å². The van der Waals surface area contributed by atoms with Gasteiger partial charge in [0.1, 0.15) is 0 Å². The van der Waals surface area contributed by atoms with E-state index in [1.54, 1.807) is 6.07 Å². The van der Waals surface area contributed by atoms with Gasteiger partial charge in [0, 0.05) is 6.61 Å².